The van der Waals surface area contributed by atoms with Crippen LogP contribution in [-0.4, -0.2) is 30.4 Å². The lowest BCUT2D eigenvalue weighted by atomic mass is 10.1. The summed E-state index contributed by atoms with van der Waals surface area (Å²) in [4.78, 5) is 14.3. The van der Waals surface area contributed by atoms with E-state index < -0.39 is 0 Å². The average Bonchev–Trinajstić information content (AvgIpc) is 3.09. The molecule has 0 aliphatic heterocycles. The number of nitrogens with zero attached hydrogens (tertiary/aromatic N) is 1. The van der Waals surface area contributed by atoms with Crippen LogP contribution in [0, 0.1) is 12.8 Å². The van der Waals surface area contributed by atoms with Gasteiger partial charge in [0.2, 0.25) is 5.91 Å². The zero-order valence-electron chi connectivity index (χ0n) is 11.4. The van der Waals surface area contributed by atoms with E-state index in [1.165, 1.54) is 0 Å². The molecule has 1 unspecified atom stereocenters. The van der Waals surface area contributed by atoms with Crippen molar-refractivity contribution in [2.24, 2.45) is 5.92 Å². The van der Waals surface area contributed by atoms with Crippen LogP contribution in [0.1, 0.15) is 31.3 Å². The average molecular weight is 250 g/mol. The maximum Gasteiger partial charge on any atom is 0.227 e. The van der Waals surface area contributed by atoms with Gasteiger partial charge in [0.05, 0.1) is 6.54 Å². The third-order valence-electron chi connectivity index (χ3n) is 3.32. The predicted molar refractivity (Wildman–Crippen MR) is 70.1 cm³/mol. The first-order chi connectivity index (χ1) is 8.61. The number of carbonyl (C=O) groups is 1. The number of rotatable bonds is 6. The quantitative estimate of drug-likeness (QED) is 0.839. The Morgan fingerprint density at radius 3 is 2.78 bits per heavy atom. The van der Waals surface area contributed by atoms with E-state index in [-0.39, 0.29) is 11.8 Å². The highest BCUT2D eigenvalue weighted by molar-refractivity contribution is 5.79. The van der Waals surface area contributed by atoms with Gasteiger partial charge in [-0.2, -0.15) is 0 Å². The molecule has 1 fully saturated rings. The maximum absolute atomic E-state index is 12.4. The molecule has 1 aromatic heterocycles. The summed E-state index contributed by atoms with van der Waals surface area (Å²) >= 11 is 0. The molecule has 1 saturated carbocycles. The van der Waals surface area contributed by atoms with E-state index in [1.807, 2.05) is 37.9 Å². The van der Waals surface area contributed by atoms with Crippen molar-refractivity contribution < 1.29 is 9.21 Å². The van der Waals surface area contributed by atoms with Crippen molar-refractivity contribution in [3.63, 3.8) is 0 Å². The van der Waals surface area contributed by atoms with Crippen molar-refractivity contribution >= 4 is 5.91 Å². The van der Waals surface area contributed by atoms with Crippen LogP contribution in [0.25, 0.3) is 0 Å². The molecular weight excluding hydrogens is 228 g/mol. The van der Waals surface area contributed by atoms with Gasteiger partial charge in [-0.15, -0.1) is 0 Å². The van der Waals surface area contributed by atoms with E-state index in [0.717, 1.165) is 30.9 Å². The monoisotopic (exact) mass is 250 g/mol. The van der Waals surface area contributed by atoms with Crippen LogP contribution in [-0.2, 0) is 11.3 Å². The number of hydrogen-bond acceptors (Lipinski definition) is 3. The molecule has 0 radical (unpaired) electrons. The Morgan fingerprint density at radius 2 is 2.28 bits per heavy atom. The third kappa shape index (κ3) is 3.13. The minimum atomic E-state index is 0.0201. The molecule has 4 heteroatoms. The van der Waals surface area contributed by atoms with Gasteiger partial charge in [0, 0.05) is 18.5 Å². The highest BCUT2D eigenvalue weighted by Crippen LogP contribution is 2.30. The molecular formula is C14H22N2O2. The molecule has 1 N–H and O–H groups in total. The SMILES string of the molecule is CNCC(C)C(=O)N(Cc1ccc(C)o1)C1CC1. The molecule has 1 aliphatic carbocycles. The van der Waals surface area contributed by atoms with Gasteiger partial charge < -0.3 is 14.6 Å². The van der Waals surface area contributed by atoms with Crippen LogP contribution < -0.4 is 5.32 Å². The van der Waals surface area contributed by atoms with Crippen molar-refractivity contribution in [2.75, 3.05) is 13.6 Å². The summed E-state index contributed by atoms with van der Waals surface area (Å²) in [7, 11) is 1.88. The topological polar surface area (TPSA) is 45.5 Å². The lowest BCUT2D eigenvalue weighted by Crippen LogP contribution is -2.39. The molecule has 0 spiro atoms. The molecule has 1 heterocycles. The number of hydrogen-bond donors (Lipinski definition) is 1. The van der Waals surface area contributed by atoms with E-state index in [1.54, 1.807) is 0 Å². The van der Waals surface area contributed by atoms with Gasteiger partial charge >= 0.3 is 0 Å². The number of aryl methyl sites for hydroxylation is 1. The first-order valence-electron chi connectivity index (χ1n) is 6.62. The fourth-order valence-electron chi connectivity index (χ4n) is 2.19. The van der Waals surface area contributed by atoms with Crippen LogP contribution in [0.5, 0.6) is 0 Å². The highest BCUT2D eigenvalue weighted by atomic mass is 16.3. The molecule has 100 valence electrons. The van der Waals surface area contributed by atoms with Gasteiger partial charge in [-0.3, -0.25) is 4.79 Å². The number of nitrogens with one attached hydrogen (secondary N) is 1. The zero-order chi connectivity index (χ0) is 13.1. The summed E-state index contributed by atoms with van der Waals surface area (Å²) < 4.78 is 5.57. The van der Waals surface area contributed by atoms with E-state index in [2.05, 4.69) is 5.32 Å². The van der Waals surface area contributed by atoms with Gasteiger partial charge in [0.25, 0.3) is 0 Å². The van der Waals surface area contributed by atoms with Crippen molar-refractivity contribution in [1.29, 1.82) is 0 Å². The normalized spacial score (nSPS) is 16.6. The van der Waals surface area contributed by atoms with Crippen molar-refractivity contribution in [1.82, 2.24) is 10.2 Å². The first kappa shape index (κ1) is 13.1. The Balaban J connectivity index is 2.01. The molecule has 0 saturated heterocycles. The first-order valence-corrected chi connectivity index (χ1v) is 6.62. The Kier molecular flexibility index (Phi) is 4.07. The molecule has 0 bridgehead atoms. The lowest BCUT2D eigenvalue weighted by molar-refractivity contribution is -0.136. The molecule has 18 heavy (non-hydrogen) atoms. The van der Waals surface area contributed by atoms with Crippen molar-refractivity contribution in [3.05, 3.63) is 23.7 Å². The minimum absolute atomic E-state index is 0.0201. The zero-order valence-corrected chi connectivity index (χ0v) is 11.4. The Hall–Kier alpha value is -1.29. The van der Waals surface area contributed by atoms with Gasteiger partial charge in [0.15, 0.2) is 0 Å². The number of furan rings is 1. The van der Waals surface area contributed by atoms with Gasteiger partial charge in [0.1, 0.15) is 11.5 Å². The predicted octanol–water partition coefficient (Wildman–Crippen LogP) is 1.93. The number of carbonyl (C=O) groups excluding carboxylic acids is 1. The van der Waals surface area contributed by atoms with Crippen LogP contribution in [0.15, 0.2) is 16.5 Å². The number of amides is 1. The fraction of sp³-hybridized carbons (Fsp3) is 0.643. The second-order valence-corrected chi connectivity index (χ2v) is 5.17. The third-order valence-corrected chi connectivity index (χ3v) is 3.32. The molecule has 2 rings (SSSR count). The van der Waals surface area contributed by atoms with Crippen LogP contribution in [0.3, 0.4) is 0 Å². The standard InChI is InChI=1S/C14H22N2O2/c1-10(8-15-3)14(17)16(12-5-6-12)9-13-7-4-11(2)18-13/h4,7,10,12,15H,5-6,8-9H2,1-3H3. The Morgan fingerprint density at radius 1 is 1.56 bits per heavy atom. The smallest absolute Gasteiger partial charge is 0.227 e. The second kappa shape index (κ2) is 5.57. The lowest BCUT2D eigenvalue weighted by Gasteiger charge is -2.24. The molecule has 1 aliphatic rings. The molecule has 1 aromatic rings. The van der Waals surface area contributed by atoms with E-state index >= 15 is 0 Å². The van der Waals surface area contributed by atoms with Crippen LogP contribution >= 0.6 is 0 Å². The summed E-state index contributed by atoms with van der Waals surface area (Å²) in [6.07, 6.45) is 2.25. The molecule has 0 aromatic carbocycles. The summed E-state index contributed by atoms with van der Waals surface area (Å²) in [5.41, 5.74) is 0. The molecule has 1 amide bonds. The summed E-state index contributed by atoms with van der Waals surface area (Å²) in [5.74, 6) is 2.02. The van der Waals surface area contributed by atoms with E-state index in [4.69, 9.17) is 4.42 Å². The Labute approximate surface area is 108 Å². The minimum Gasteiger partial charge on any atom is -0.464 e. The maximum atomic E-state index is 12.4. The summed E-state index contributed by atoms with van der Waals surface area (Å²) in [6.45, 7) is 5.22. The van der Waals surface area contributed by atoms with Gasteiger partial charge in [-0.25, -0.2) is 0 Å². The van der Waals surface area contributed by atoms with Crippen molar-refractivity contribution in [2.45, 2.75) is 39.3 Å². The van der Waals surface area contributed by atoms with E-state index in [0.29, 0.717) is 12.6 Å². The Bertz CT molecular complexity index is 410. The summed E-state index contributed by atoms with van der Waals surface area (Å²) in [5, 5.41) is 3.06. The van der Waals surface area contributed by atoms with Gasteiger partial charge in [-0.05, 0) is 38.9 Å². The highest BCUT2D eigenvalue weighted by Gasteiger charge is 2.34. The summed E-state index contributed by atoms with van der Waals surface area (Å²) in [6, 6.07) is 4.32. The largest absolute Gasteiger partial charge is 0.464 e. The fourth-order valence-corrected chi connectivity index (χ4v) is 2.19. The van der Waals surface area contributed by atoms with Crippen molar-refractivity contribution in [3.8, 4) is 0 Å². The van der Waals surface area contributed by atoms with E-state index in [9.17, 15) is 4.79 Å². The van der Waals surface area contributed by atoms with Gasteiger partial charge in [-0.1, -0.05) is 6.92 Å². The molecule has 4 nitrogen and oxygen atoms in total. The van der Waals surface area contributed by atoms with Crippen LogP contribution in [0.4, 0.5) is 0 Å². The van der Waals surface area contributed by atoms with Crippen LogP contribution in [0.2, 0.25) is 0 Å². The molecule has 1 atom stereocenters. The second-order valence-electron chi connectivity index (χ2n) is 5.17.